The van der Waals surface area contributed by atoms with E-state index in [4.69, 9.17) is 28.9 Å². The number of nitrogens with one attached hydrogen (secondary N) is 1. The molecule has 0 amide bonds. The SMILES string of the molecule is N/C(=C\[N+](=O)[O-])Cc1ccc(Cl)nc1.O=[N+]([O-])/C=C1\NCCCC1c1ccc(Cl)nc1. The normalized spacial score (nSPS) is 17.3. The van der Waals surface area contributed by atoms with Crippen LogP contribution in [0, 0.1) is 20.2 Å². The van der Waals surface area contributed by atoms with Gasteiger partial charge in [0.15, 0.2) is 0 Å². The molecule has 3 heterocycles. The van der Waals surface area contributed by atoms with Gasteiger partial charge >= 0.3 is 0 Å². The summed E-state index contributed by atoms with van der Waals surface area (Å²) in [5.74, 6) is 0.0129. The topological polar surface area (TPSA) is 150 Å². The zero-order valence-corrected chi connectivity index (χ0v) is 17.8. The summed E-state index contributed by atoms with van der Waals surface area (Å²) in [6.07, 6.45) is 7.19. The van der Waals surface area contributed by atoms with Gasteiger partial charge in [0.05, 0.1) is 21.2 Å². The molecule has 1 unspecified atom stereocenters. The molecule has 2 aromatic rings. The van der Waals surface area contributed by atoms with Gasteiger partial charge in [0.25, 0.3) is 12.4 Å². The van der Waals surface area contributed by atoms with E-state index in [1.165, 1.54) is 6.20 Å². The van der Waals surface area contributed by atoms with Gasteiger partial charge in [-0.05, 0) is 36.1 Å². The highest BCUT2D eigenvalue weighted by atomic mass is 35.5. The number of rotatable bonds is 5. The molecule has 0 bridgehead atoms. The molecule has 164 valence electrons. The molecule has 0 aliphatic carbocycles. The van der Waals surface area contributed by atoms with Crippen LogP contribution in [0.3, 0.4) is 0 Å². The maximum Gasteiger partial charge on any atom is 0.253 e. The lowest BCUT2D eigenvalue weighted by atomic mass is 9.90. The highest BCUT2D eigenvalue weighted by Crippen LogP contribution is 2.30. The first kappa shape index (κ1) is 24.0. The van der Waals surface area contributed by atoms with Gasteiger partial charge in [-0.3, -0.25) is 20.2 Å². The third-order valence-electron chi connectivity index (χ3n) is 4.24. The summed E-state index contributed by atoms with van der Waals surface area (Å²) < 4.78 is 0. The molecule has 12 heteroatoms. The molecule has 0 spiro atoms. The van der Waals surface area contributed by atoms with E-state index in [9.17, 15) is 20.2 Å². The van der Waals surface area contributed by atoms with E-state index >= 15 is 0 Å². The van der Waals surface area contributed by atoms with Crippen molar-refractivity contribution in [2.45, 2.75) is 25.2 Å². The molecule has 10 nitrogen and oxygen atoms in total. The van der Waals surface area contributed by atoms with E-state index in [2.05, 4.69) is 15.3 Å². The zero-order valence-electron chi connectivity index (χ0n) is 16.3. The standard InChI is InChI=1S/C11H12ClN3O2.C8H8ClN3O2/c12-11-4-3-8(6-14-11)9-2-1-5-13-10(9)7-15(16)17;9-8-2-1-6(4-11-8)3-7(10)5-12(13)14/h3-4,6-7,9,13H,1-2,5H2;1-2,4-5H,3,10H2/b10-7-;7-5-. The number of nitro groups is 2. The minimum absolute atomic E-state index is 0.0129. The lowest BCUT2D eigenvalue weighted by molar-refractivity contribution is -0.404. The molecular weight excluding hydrogens is 447 g/mol. The number of allylic oxidation sites excluding steroid dienone is 2. The monoisotopic (exact) mass is 466 g/mol. The summed E-state index contributed by atoms with van der Waals surface area (Å²) in [5, 5.41) is 24.5. The highest BCUT2D eigenvalue weighted by Gasteiger charge is 2.23. The Balaban J connectivity index is 0.000000225. The van der Waals surface area contributed by atoms with Gasteiger partial charge in [0.1, 0.15) is 10.3 Å². The van der Waals surface area contributed by atoms with Crippen molar-refractivity contribution in [2.75, 3.05) is 6.54 Å². The summed E-state index contributed by atoms with van der Waals surface area (Å²) in [6, 6.07) is 6.89. The van der Waals surface area contributed by atoms with E-state index in [1.807, 2.05) is 6.07 Å². The van der Waals surface area contributed by atoms with Crippen LogP contribution in [0.15, 0.2) is 60.5 Å². The quantitative estimate of drug-likeness (QED) is 0.384. The summed E-state index contributed by atoms with van der Waals surface area (Å²) in [4.78, 5) is 27.4. The van der Waals surface area contributed by atoms with Crippen molar-refractivity contribution in [3.63, 3.8) is 0 Å². The molecule has 1 atom stereocenters. The molecule has 1 saturated heterocycles. The Hall–Kier alpha value is -3.24. The molecule has 1 aliphatic heterocycles. The Morgan fingerprint density at radius 3 is 2.35 bits per heavy atom. The molecule has 0 aromatic carbocycles. The van der Waals surface area contributed by atoms with E-state index in [0.717, 1.165) is 42.9 Å². The summed E-state index contributed by atoms with van der Waals surface area (Å²) in [5.41, 5.74) is 7.96. The first-order chi connectivity index (χ1) is 14.7. The predicted octanol–water partition coefficient (Wildman–Crippen LogP) is 3.67. The van der Waals surface area contributed by atoms with Crippen LogP contribution in [0.1, 0.15) is 29.9 Å². The summed E-state index contributed by atoms with van der Waals surface area (Å²) in [6.45, 7) is 0.775. The van der Waals surface area contributed by atoms with E-state index in [-0.39, 0.29) is 11.6 Å². The number of piperidine rings is 1. The molecule has 0 saturated carbocycles. The van der Waals surface area contributed by atoms with Crippen molar-refractivity contribution >= 4 is 23.2 Å². The molecule has 31 heavy (non-hydrogen) atoms. The fraction of sp³-hybridized carbons (Fsp3) is 0.263. The first-order valence-corrected chi connectivity index (χ1v) is 9.91. The fourth-order valence-electron chi connectivity index (χ4n) is 2.93. The van der Waals surface area contributed by atoms with Crippen molar-refractivity contribution in [3.8, 4) is 0 Å². The summed E-state index contributed by atoms with van der Waals surface area (Å²) in [7, 11) is 0. The van der Waals surface area contributed by atoms with Crippen LogP contribution in [0.4, 0.5) is 0 Å². The average molecular weight is 467 g/mol. The Bertz CT molecular complexity index is 964. The smallest absolute Gasteiger partial charge is 0.253 e. The number of nitrogens with two attached hydrogens (primary N) is 1. The Kier molecular flexibility index (Phi) is 9.16. The summed E-state index contributed by atoms with van der Waals surface area (Å²) >= 11 is 11.3. The number of hydrogen-bond donors (Lipinski definition) is 2. The Labute approximate surface area is 188 Å². The first-order valence-electron chi connectivity index (χ1n) is 9.15. The van der Waals surface area contributed by atoms with Crippen LogP contribution in [0.25, 0.3) is 0 Å². The van der Waals surface area contributed by atoms with Crippen molar-refractivity contribution in [1.29, 1.82) is 0 Å². The second kappa shape index (κ2) is 11.8. The van der Waals surface area contributed by atoms with Gasteiger partial charge in [-0.2, -0.15) is 0 Å². The lowest BCUT2D eigenvalue weighted by Gasteiger charge is -2.25. The van der Waals surface area contributed by atoms with Crippen LogP contribution in [0.5, 0.6) is 0 Å². The number of halogens is 2. The van der Waals surface area contributed by atoms with E-state index in [0.29, 0.717) is 22.4 Å². The van der Waals surface area contributed by atoms with Crippen LogP contribution >= 0.6 is 23.2 Å². The largest absolute Gasteiger partial charge is 0.397 e. The number of hydrogen-bond acceptors (Lipinski definition) is 8. The Morgan fingerprint density at radius 1 is 1.13 bits per heavy atom. The van der Waals surface area contributed by atoms with Crippen LogP contribution in [-0.2, 0) is 6.42 Å². The van der Waals surface area contributed by atoms with Crippen LogP contribution in [-0.4, -0.2) is 26.4 Å². The molecule has 1 fully saturated rings. The number of nitrogens with zero attached hydrogens (tertiary/aromatic N) is 4. The third kappa shape index (κ3) is 8.57. The fourth-order valence-corrected chi connectivity index (χ4v) is 3.16. The number of aromatic nitrogens is 2. The van der Waals surface area contributed by atoms with Gasteiger partial charge in [-0.25, -0.2) is 9.97 Å². The van der Waals surface area contributed by atoms with E-state index in [1.54, 1.807) is 24.4 Å². The minimum Gasteiger partial charge on any atom is -0.397 e. The van der Waals surface area contributed by atoms with Gasteiger partial charge in [-0.1, -0.05) is 35.3 Å². The average Bonchev–Trinajstić information content (AvgIpc) is 2.70. The zero-order chi connectivity index (χ0) is 22.8. The van der Waals surface area contributed by atoms with Crippen molar-refractivity contribution in [3.05, 3.63) is 102 Å². The van der Waals surface area contributed by atoms with Crippen LogP contribution in [0.2, 0.25) is 10.3 Å². The minimum atomic E-state index is -0.585. The van der Waals surface area contributed by atoms with Crippen molar-refractivity contribution in [1.82, 2.24) is 15.3 Å². The van der Waals surface area contributed by atoms with Gasteiger partial charge in [-0.15, -0.1) is 0 Å². The molecule has 1 aliphatic rings. The van der Waals surface area contributed by atoms with Crippen molar-refractivity contribution in [2.24, 2.45) is 5.73 Å². The molecule has 3 rings (SSSR count). The van der Waals surface area contributed by atoms with Gasteiger partial charge in [0.2, 0.25) is 0 Å². The van der Waals surface area contributed by atoms with Gasteiger partial charge < -0.3 is 11.1 Å². The number of pyridine rings is 2. The van der Waals surface area contributed by atoms with E-state index < -0.39 is 9.85 Å². The molecule has 2 aromatic heterocycles. The molecule has 0 radical (unpaired) electrons. The molecular formula is C19H20Cl2N6O4. The highest BCUT2D eigenvalue weighted by molar-refractivity contribution is 6.29. The van der Waals surface area contributed by atoms with Crippen LogP contribution < -0.4 is 11.1 Å². The maximum absolute atomic E-state index is 10.6. The van der Waals surface area contributed by atoms with Gasteiger partial charge in [0, 0.05) is 31.3 Å². The second-order valence-electron chi connectivity index (χ2n) is 6.56. The Morgan fingerprint density at radius 2 is 1.81 bits per heavy atom. The van der Waals surface area contributed by atoms with Crippen molar-refractivity contribution < 1.29 is 9.85 Å². The lowest BCUT2D eigenvalue weighted by Crippen LogP contribution is -2.27. The maximum atomic E-state index is 10.6. The predicted molar refractivity (Wildman–Crippen MR) is 117 cm³/mol. The second-order valence-corrected chi connectivity index (χ2v) is 7.34. The molecule has 3 N–H and O–H groups in total. The third-order valence-corrected chi connectivity index (χ3v) is 4.69.